The lowest BCUT2D eigenvalue weighted by molar-refractivity contribution is -0.294. The van der Waals surface area contributed by atoms with Crippen LogP contribution < -0.4 is 0 Å². The summed E-state index contributed by atoms with van der Waals surface area (Å²) in [6.45, 7) is 1.15. The van der Waals surface area contributed by atoms with Crippen molar-refractivity contribution in [3.63, 3.8) is 0 Å². The Kier molecular flexibility index (Phi) is 9.98. The van der Waals surface area contributed by atoms with Crippen LogP contribution in [0.3, 0.4) is 0 Å². The molecule has 13 heteroatoms. The standard InChI is InChI=1S/C16H21F5O8/c1-4-14(2,3)13(25)26-7-12(24)29-9-28-11(23)6-5-10(22)27-8-15(17,18)16(19,20)21/h4-9H2,1-3H3. The molecule has 0 saturated carbocycles. The highest BCUT2D eigenvalue weighted by Crippen LogP contribution is 2.35. The van der Waals surface area contributed by atoms with Crippen molar-refractivity contribution < 1.29 is 60.1 Å². The number of carbonyl (C=O) groups excluding carboxylic acids is 4. The SMILES string of the molecule is CCC(C)(C)C(=O)OCC(=O)OCOC(=O)CCC(=O)OCC(F)(F)C(F)(F)F. The maximum absolute atomic E-state index is 12.6. The van der Waals surface area contributed by atoms with E-state index in [1.165, 1.54) is 0 Å². The summed E-state index contributed by atoms with van der Waals surface area (Å²) in [7, 11) is 0. The fourth-order valence-electron chi connectivity index (χ4n) is 1.27. The largest absolute Gasteiger partial charge is 0.459 e. The van der Waals surface area contributed by atoms with E-state index in [-0.39, 0.29) is 0 Å². The molecule has 0 aliphatic rings. The molecule has 0 fully saturated rings. The second kappa shape index (κ2) is 10.9. The molecule has 0 aliphatic carbocycles. The van der Waals surface area contributed by atoms with E-state index in [1.54, 1.807) is 20.8 Å². The molecule has 0 aromatic carbocycles. The summed E-state index contributed by atoms with van der Waals surface area (Å²) in [5.74, 6) is -9.46. The average molecular weight is 436 g/mol. The van der Waals surface area contributed by atoms with E-state index in [0.717, 1.165) is 0 Å². The number of ether oxygens (including phenoxy) is 4. The Morgan fingerprint density at radius 2 is 1.24 bits per heavy atom. The Labute approximate surface area is 162 Å². The zero-order valence-electron chi connectivity index (χ0n) is 15.9. The lowest BCUT2D eigenvalue weighted by Crippen LogP contribution is -2.41. The van der Waals surface area contributed by atoms with Gasteiger partial charge in [-0.25, -0.2) is 4.79 Å². The van der Waals surface area contributed by atoms with E-state index in [0.29, 0.717) is 6.42 Å². The molecule has 0 amide bonds. The fraction of sp³-hybridized carbons (Fsp3) is 0.750. The van der Waals surface area contributed by atoms with Gasteiger partial charge in [0.05, 0.1) is 18.3 Å². The van der Waals surface area contributed by atoms with Crippen LogP contribution in [0.15, 0.2) is 0 Å². The number of halogens is 5. The van der Waals surface area contributed by atoms with Crippen molar-refractivity contribution >= 4 is 23.9 Å². The first-order chi connectivity index (χ1) is 13.1. The maximum atomic E-state index is 12.6. The summed E-state index contributed by atoms with van der Waals surface area (Å²) in [5.41, 5.74) is -0.800. The Balaban J connectivity index is 4.04. The molecule has 0 N–H and O–H groups in total. The first-order valence-corrected chi connectivity index (χ1v) is 8.21. The van der Waals surface area contributed by atoms with Gasteiger partial charge in [-0.2, -0.15) is 22.0 Å². The lowest BCUT2D eigenvalue weighted by Gasteiger charge is -2.19. The van der Waals surface area contributed by atoms with Crippen molar-refractivity contribution in [2.75, 3.05) is 20.0 Å². The Morgan fingerprint density at radius 1 is 0.759 bits per heavy atom. The summed E-state index contributed by atoms with van der Waals surface area (Å²) < 4.78 is 78.1. The zero-order chi connectivity index (χ0) is 22.9. The first-order valence-electron chi connectivity index (χ1n) is 8.21. The minimum atomic E-state index is -5.88. The van der Waals surface area contributed by atoms with Crippen LogP contribution in [0.5, 0.6) is 0 Å². The van der Waals surface area contributed by atoms with E-state index in [9.17, 15) is 41.1 Å². The topological polar surface area (TPSA) is 105 Å². The quantitative estimate of drug-likeness (QED) is 0.211. The summed E-state index contributed by atoms with van der Waals surface area (Å²) >= 11 is 0. The molecule has 0 atom stereocenters. The van der Waals surface area contributed by atoms with E-state index >= 15 is 0 Å². The van der Waals surface area contributed by atoms with Gasteiger partial charge in [-0.15, -0.1) is 0 Å². The molecule has 0 aliphatic heterocycles. The number of hydrogen-bond acceptors (Lipinski definition) is 8. The van der Waals surface area contributed by atoms with Crippen molar-refractivity contribution in [3.8, 4) is 0 Å². The van der Waals surface area contributed by atoms with E-state index in [1.807, 2.05) is 0 Å². The summed E-state index contributed by atoms with van der Waals surface area (Å²) in [6.07, 6.45) is -6.95. The van der Waals surface area contributed by atoms with Crippen molar-refractivity contribution in [1.29, 1.82) is 0 Å². The summed E-state index contributed by atoms with van der Waals surface area (Å²) in [5, 5.41) is 0. The molecule has 0 spiro atoms. The molecule has 0 unspecified atom stereocenters. The molecule has 29 heavy (non-hydrogen) atoms. The summed E-state index contributed by atoms with van der Waals surface area (Å²) in [4.78, 5) is 45.4. The molecule has 168 valence electrons. The normalized spacial score (nSPS) is 12.1. The van der Waals surface area contributed by atoms with Crippen LogP contribution in [0.25, 0.3) is 0 Å². The Hall–Kier alpha value is -2.47. The van der Waals surface area contributed by atoms with Gasteiger partial charge in [0.25, 0.3) is 0 Å². The smallest absolute Gasteiger partial charge is 0.456 e. The fourth-order valence-corrected chi connectivity index (χ4v) is 1.27. The predicted molar refractivity (Wildman–Crippen MR) is 83.3 cm³/mol. The van der Waals surface area contributed by atoms with Crippen molar-refractivity contribution in [3.05, 3.63) is 0 Å². The maximum Gasteiger partial charge on any atom is 0.456 e. The van der Waals surface area contributed by atoms with Crippen molar-refractivity contribution in [1.82, 2.24) is 0 Å². The average Bonchev–Trinajstić information content (AvgIpc) is 2.61. The highest BCUT2D eigenvalue weighted by Gasteiger charge is 2.58. The first kappa shape index (κ1) is 26.5. The number of rotatable bonds is 11. The number of alkyl halides is 5. The lowest BCUT2D eigenvalue weighted by atomic mass is 9.91. The highest BCUT2D eigenvalue weighted by atomic mass is 19.4. The summed E-state index contributed by atoms with van der Waals surface area (Å²) in [6, 6.07) is 0. The monoisotopic (exact) mass is 436 g/mol. The second-order valence-electron chi connectivity index (χ2n) is 6.33. The van der Waals surface area contributed by atoms with Crippen LogP contribution in [0.1, 0.15) is 40.0 Å². The van der Waals surface area contributed by atoms with Gasteiger partial charge in [0.15, 0.2) is 13.2 Å². The van der Waals surface area contributed by atoms with Crippen LogP contribution in [0, 0.1) is 5.41 Å². The molecular weight excluding hydrogens is 415 g/mol. The van der Waals surface area contributed by atoms with Crippen LogP contribution in [0.4, 0.5) is 22.0 Å². The van der Waals surface area contributed by atoms with Gasteiger partial charge < -0.3 is 18.9 Å². The number of hydrogen-bond donors (Lipinski definition) is 0. The Morgan fingerprint density at radius 3 is 1.72 bits per heavy atom. The van der Waals surface area contributed by atoms with Crippen LogP contribution in [0.2, 0.25) is 0 Å². The third kappa shape index (κ3) is 10.0. The molecule has 0 aromatic rings. The molecule has 0 aromatic heterocycles. The molecule has 0 rings (SSSR count). The number of carbonyl (C=O) groups is 4. The molecule has 0 bridgehead atoms. The van der Waals surface area contributed by atoms with Crippen molar-refractivity contribution in [2.24, 2.45) is 5.41 Å². The molecule has 0 heterocycles. The molecule has 0 radical (unpaired) electrons. The van der Waals surface area contributed by atoms with Gasteiger partial charge in [-0.3, -0.25) is 14.4 Å². The van der Waals surface area contributed by atoms with Crippen molar-refractivity contribution in [2.45, 2.75) is 52.1 Å². The van der Waals surface area contributed by atoms with Gasteiger partial charge in [0, 0.05) is 0 Å². The molecule has 0 saturated heterocycles. The van der Waals surface area contributed by atoms with Gasteiger partial charge in [-0.1, -0.05) is 6.92 Å². The van der Waals surface area contributed by atoms with Crippen LogP contribution in [-0.4, -0.2) is 56.0 Å². The minimum absolute atomic E-state index is 0.467. The second-order valence-corrected chi connectivity index (χ2v) is 6.33. The third-order valence-corrected chi connectivity index (χ3v) is 3.56. The third-order valence-electron chi connectivity index (χ3n) is 3.56. The molecule has 8 nitrogen and oxygen atoms in total. The van der Waals surface area contributed by atoms with E-state index < -0.39 is 74.2 Å². The van der Waals surface area contributed by atoms with Gasteiger partial charge in [0.1, 0.15) is 0 Å². The van der Waals surface area contributed by atoms with Gasteiger partial charge in [-0.05, 0) is 20.3 Å². The van der Waals surface area contributed by atoms with E-state index in [2.05, 4.69) is 14.2 Å². The number of esters is 4. The molecular formula is C16H21F5O8. The van der Waals surface area contributed by atoms with Gasteiger partial charge in [0.2, 0.25) is 6.79 Å². The van der Waals surface area contributed by atoms with Crippen LogP contribution >= 0.6 is 0 Å². The van der Waals surface area contributed by atoms with Gasteiger partial charge >= 0.3 is 36.0 Å². The van der Waals surface area contributed by atoms with Crippen LogP contribution in [-0.2, 0) is 38.1 Å². The minimum Gasteiger partial charge on any atom is -0.459 e. The zero-order valence-corrected chi connectivity index (χ0v) is 15.9. The van der Waals surface area contributed by atoms with E-state index in [4.69, 9.17) is 4.74 Å². The highest BCUT2D eigenvalue weighted by molar-refractivity contribution is 5.80. The predicted octanol–water partition coefficient (Wildman–Crippen LogP) is 2.53. The Bertz CT molecular complexity index is 601.